The number of amides is 2. The Morgan fingerprint density at radius 1 is 1.03 bits per heavy atom. The summed E-state index contributed by atoms with van der Waals surface area (Å²) in [6.07, 6.45) is 5.43. The fourth-order valence-electron chi connectivity index (χ4n) is 6.71. The first-order chi connectivity index (χ1) is 18.8. The Kier molecular flexibility index (Phi) is 5.75. The molecule has 4 aliphatic rings. The minimum Gasteiger partial charge on any atom is -0.507 e. The van der Waals surface area contributed by atoms with Crippen molar-refractivity contribution in [2.45, 2.75) is 25.7 Å². The van der Waals surface area contributed by atoms with E-state index in [-0.39, 0.29) is 35.6 Å². The molecule has 1 fully saturated rings. The molecule has 1 heterocycles. The average Bonchev–Trinajstić information content (AvgIpc) is 3.20. The zero-order chi connectivity index (χ0) is 27.6. The maximum absolute atomic E-state index is 14.0. The fourth-order valence-corrected chi connectivity index (χ4v) is 6.71. The molecule has 0 spiro atoms. The van der Waals surface area contributed by atoms with Gasteiger partial charge in [0.15, 0.2) is 11.6 Å². The molecule has 0 aromatic heterocycles. The predicted octanol–water partition coefficient (Wildman–Crippen LogP) is 4.68. The number of ketones is 2. The average molecular weight is 522 g/mol. The molecule has 0 saturated carbocycles. The highest BCUT2D eigenvalue weighted by Crippen LogP contribution is 2.57. The van der Waals surface area contributed by atoms with E-state index in [1.165, 1.54) is 24.2 Å². The number of phenolic OH excluding ortho intramolecular Hbond substituents is 1. The molecular weight excluding hydrogens is 494 g/mol. The van der Waals surface area contributed by atoms with E-state index in [2.05, 4.69) is 6.58 Å². The number of Topliss-reactive ketones (excluding diaryl/α,β-unsaturated/α-hetero) is 1. The van der Waals surface area contributed by atoms with Crippen molar-refractivity contribution in [1.82, 2.24) is 0 Å². The first-order valence-corrected chi connectivity index (χ1v) is 12.9. The lowest BCUT2D eigenvalue weighted by Crippen LogP contribution is -2.40. The first-order valence-electron chi connectivity index (χ1n) is 12.9. The van der Waals surface area contributed by atoms with E-state index in [0.717, 1.165) is 11.1 Å². The molecule has 196 valence electrons. The number of carbonyl (C=O) groups is 4. The fraction of sp³-hybridized carbons (Fsp3) is 0.250. The van der Waals surface area contributed by atoms with Crippen molar-refractivity contribution in [3.8, 4) is 11.5 Å². The van der Waals surface area contributed by atoms with Gasteiger partial charge in [0, 0.05) is 28.2 Å². The van der Waals surface area contributed by atoms with Gasteiger partial charge >= 0.3 is 0 Å². The number of rotatable bonds is 4. The molecule has 6 rings (SSSR count). The number of imide groups is 1. The second-order valence-electron chi connectivity index (χ2n) is 10.4. The summed E-state index contributed by atoms with van der Waals surface area (Å²) in [4.78, 5) is 55.6. The number of fused-ring (bicyclic) bond motifs is 3. The van der Waals surface area contributed by atoms with Gasteiger partial charge in [-0.3, -0.25) is 24.1 Å². The molecule has 0 radical (unpaired) electrons. The Labute approximate surface area is 225 Å². The van der Waals surface area contributed by atoms with Crippen LogP contribution >= 0.6 is 0 Å². The van der Waals surface area contributed by atoms with Gasteiger partial charge in [-0.1, -0.05) is 42.5 Å². The zero-order valence-corrected chi connectivity index (χ0v) is 21.6. The lowest BCUT2D eigenvalue weighted by Gasteiger charge is -2.42. The summed E-state index contributed by atoms with van der Waals surface area (Å²) in [5.74, 6) is -3.37. The second kappa shape index (κ2) is 9.05. The summed E-state index contributed by atoms with van der Waals surface area (Å²) in [5, 5.41) is 11.0. The van der Waals surface area contributed by atoms with Crippen LogP contribution in [0.25, 0.3) is 6.08 Å². The molecule has 0 bridgehead atoms. The van der Waals surface area contributed by atoms with Crippen molar-refractivity contribution < 1.29 is 29.0 Å². The number of anilines is 1. The lowest BCUT2D eigenvalue weighted by molar-refractivity contribution is -0.123. The van der Waals surface area contributed by atoms with E-state index in [1.807, 2.05) is 6.08 Å². The van der Waals surface area contributed by atoms with Crippen LogP contribution in [-0.4, -0.2) is 35.6 Å². The number of benzene rings is 2. The van der Waals surface area contributed by atoms with Crippen LogP contribution in [0.2, 0.25) is 0 Å². The third-order valence-corrected chi connectivity index (χ3v) is 8.50. The largest absolute Gasteiger partial charge is 0.507 e. The summed E-state index contributed by atoms with van der Waals surface area (Å²) in [6, 6.07) is 11.9. The molecule has 3 aliphatic carbocycles. The summed E-state index contributed by atoms with van der Waals surface area (Å²) in [7, 11) is 1.48. The van der Waals surface area contributed by atoms with Crippen molar-refractivity contribution in [3.63, 3.8) is 0 Å². The number of phenols is 1. The van der Waals surface area contributed by atoms with E-state index in [0.29, 0.717) is 40.1 Å². The Balaban J connectivity index is 1.50. The van der Waals surface area contributed by atoms with Gasteiger partial charge in [0.25, 0.3) is 0 Å². The summed E-state index contributed by atoms with van der Waals surface area (Å²) in [6.45, 7) is 5.36. The monoisotopic (exact) mass is 521 g/mol. The molecule has 4 atom stereocenters. The van der Waals surface area contributed by atoms with E-state index >= 15 is 0 Å². The minimum atomic E-state index is -0.778. The van der Waals surface area contributed by atoms with Crippen LogP contribution in [0.15, 0.2) is 83.5 Å². The van der Waals surface area contributed by atoms with E-state index in [1.54, 1.807) is 49.4 Å². The molecule has 1 N–H and O–H groups in total. The number of carbonyl (C=O) groups excluding carboxylic acids is 4. The number of hydrogen-bond donors (Lipinski definition) is 1. The standard InChI is InChI=1S/C32H27NO6/c1-4-17-8-10-18(11-9-17)33-31(37)20-13-12-19-21(26(20)32(33)38)15-22-24(35)14-16(2)30(36)28(22)27(19)29-23(34)6-5-7-25(29)39-3/h4-12,14,20-21,26-27,34H,1,13,15H2,2-3H3. The van der Waals surface area contributed by atoms with Crippen molar-refractivity contribution in [2.75, 3.05) is 12.0 Å². The van der Waals surface area contributed by atoms with Crippen LogP contribution in [0, 0.1) is 17.8 Å². The number of aromatic hydroxyl groups is 1. The Morgan fingerprint density at radius 2 is 1.77 bits per heavy atom. The molecule has 2 aromatic rings. The summed E-state index contributed by atoms with van der Waals surface area (Å²) < 4.78 is 5.59. The van der Waals surface area contributed by atoms with Gasteiger partial charge in [-0.25, -0.2) is 0 Å². The maximum Gasteiger partial charge on any atom is 0.238 e. The number of methoxy groups -OCH3 is 1. The zero-order valence-electron chi connectivity index (χ0n) is 21.6. The van der Waals surface area contributed by atoms with E-state index in [9.17, 15) is 24.3 Å². The van der Waals surface area contributed by atoms with Gasteiger partial charge in [-0.05, 0) is 61.6 Å². The maximum atomic E-state index is 14.0. The third-order valence-electron chi connectivity index (χ3n) is 8.50. The van der Waals surface area contributed by atoms with Crippen molar-refractivity contribution in [1.29, 1.82) is 0 Å². The molecule has 2 aromatic carbocycles. The van der Waals surface area contributed by atoms with Crippen molar-refractivity contribution in [2.24, 2.45) is 17.8 Å². The summed E-state index contributed by atoms with van der Waals surface area (Å²) >= 11 is 0. The Bertz CT molecular complexity index is 1570. The number of hydrogen-bond acceptors (Lipinski definition) is 6. The van der Waals surface area contributed by atoms with E-state index in [4.69, 9.17) is 4.74 Å². The highest BCUT2D eigenvalue weighted by atomic mass is 16.5. The molecular formula is C32H27NO6. The van der Waals surface area contributed by atoms with Gasteiger partial charge in [0.1, 0.15) is 11.5 Å². The van der Waals surface area contributed by atoms with Gasteiger partial charge in [-0.2, -0.15) is 0 Å². The smallest absolute Gasteiger partial charge is 0.238 e. The molecule has 2 amide bonds. The second-order valence-corrected chi connectivity index (χ2v) is 10.4. The van der Waals surface area contributed by atoms with Crippen LogP contribution in [0.1, 0.15) is 36.8 Å². The molecule has 4 unspecified atom stereocenters. The lowest BCUT2D eigenvalue weighted by atomic mass is 9.59. The molecule has 39 heavy (non-hydrogen) atoms. The quantitative estimate of drug-likeness (QED) is 0.356. The highest BCUT2D eigenvalue weighted by molar-refractivity contribution is 6.25. The third kappa shape index (κ3) is 3.56. The number of allylic oxidation sites excluding steroid dienone is 6. The van der Waals surface area contributed by atoms with Crippen LogP contribution in [0.4, 0.5) is 5.69 Å². The van der Waals surface area contributed by atoms with Gasteiger partial charge in [0.2, 0.25) is 11.8 Å². The molecule has 1 saturated heterocycles. The van der Waals surface area contributed by atoms with E-state index < -0.39 is 23.7 Å². The SMILES string of the molecule is C=Cc1ccc(N2C(=O)C3CC=C4C(c5c(O)cccc5OC)C5=C(CC4C3C2=O)C(=O)C=C(C)C5=O)cc1. The molecule has 7 nitrogen and oxygen atoms in total. The first kappa shape index (κ1) is 24.8. The minimum absolute atomic E-state index is 0.0694. The van der Waals surface area contributed by atoms with Gasteiger partial charge < -0.3 is 9.84 Å². The van der Waals surface area contributed by atoms with Gasteiger partial charge in [0.05, 0.1) is 24.6 Å². The normalized spacial score (nSPS) is 26.1. The number of nitrogens with zero attached hydrogens (tertiary/aromatic N) is 1. The molecule has 7 heteroatoms. The Hall–Kier alpha value is -4.52. The van der Waals surface area contributed by atoms with Crippen molar-refractivity contribution in [3.05, 3.63) is 94.6 Å². The van der Waals surface area contributed by atoms with Gasteiger partial charge in [-0.15, -0.1) is 0 Å². The topological polar surface area (TPSA) is 101 Å². The summed E-state index contributed by atoms with van der Waals surface area (Å²) in [5.41, 5.74) is 3.47. The number of ether oxygens (including phenoxy) is 1. The highest BCUT2D eigenvalue weighted by Gasteiger charge is 2.57. The molecule has 1 aliphatic heterocycles. The van der Waals surface area contributed by atoms with Crippen molar-refractivity contribution >= 4 is 35.1 Å². The predicted molar refractivity (Wildman–Crippen MR) is 145 cm³/mol. The van der Waals surface area contributed by atoms with Crippen LogP contribution in [-0.2, 0) is 19.2 Å². The van der Waals surface area contributed by atoms with Crippen LogP contribution < -0.4 is 9.64 Å². The van der Waals surface area contributed by atoms with Crippen LogP contribution in [0.3, 0.4) is 0 Å². The van der Waals surface area contributed by atoms with Crippen LogP contribution in [0.5, 0.6) is 11.5 Å². The Morgan fingerprint density at radius 3 is 2.46 bits per heavy atom.